The van der Waals surface area contributed by atoms with Crippen LogP contribution in [0.25, 0.3) is 0 Å². The van der Waals surface area contributed by atoms with E-state index in [1.165, 1.54) is 5.56 Å². The molecule has 7 heteroatoms. The second-order valence-corrected chi connectivity index (χ2v) is 6.31. The smallest absolute Gasteiger partial charge is 0.292 e. The number of carbonyl (C=O) groups is 1. The van der Waals surface area contributed by atoms with E-state index < -0.39 is 0 Å². The molecular formula is C20H19N5O2. The predicted octanol–water partition coefficient (Wildman–Crippen LogP) is 3.33. The molecule has 27 heavy (non-hydrogen) atoms. The lowest BCUT2D eigenvalue weighted by Gasteiger charge is -2.03. The van der Waals surface area contributed by atoms with Crippen LogP contribution in [0.3, 0.4) is 0 Å². The van der Waals surface area contributed by atoms with Gasteiger partial charge in [-0.1, -0.05) is 29.8 Å². The number of amides is 1. The molecule has 3 aromatic heterocycles. The van der Waals surface area contributed by atoms with Gasteiger partial charge in [0.1, 0.15) is 5.76 Å². The van der Waals surface area contributed by atoms with E-state index in [0.29, 0.717) is 24.7 Å². The molecule has 7 nitrogen and oxygen atoms in total. The molecule has 0 radical (unpaired) electrons. The summed E-state index contributed by atoms with van der Waals surface area (Å²) in [5, 5.41) is 11.3. The summed E-state index contributed by atoms with van der Waals surface area (Å²) in [4.78, 5) is 12.4. The first-order valence-electron chi connectivity index (χ1n) is 8.62. The number of rotatable bonds is 6. The second-order valence-electron chi connectivity index (χ2n) is 6.31. The van der Waals surface area contributed by atoms with E-state index in [-0.39, 0.29) is 11.7 Å². The van der Waals surface area contributed by atoms with E-state index in [1.807, 2.05) is 24.5 Å². The fourth-order valence-electron chi connectivity index (χ4n) is 2.83. The van der Waals surface area contributed by atoms with Crippen LogP contribution in [0.15, 0.2) is 71.5 Å². The van der Waals surface area contributed by atoms with Crippen LogP contribution in [0, 0.1) is 6.92 Å². The van der Waals surface area contributed by atoms with Gasteiger partial charge < -0.3 is 9.73 Å². The van der Waals surface area contributed by atoms with E-state index in [9.17, 15) is 4.79 Å². The van der Waals surface area contributed by atoms with Crippen molar-refractivity contribution in [3.63, 3.8) is 0 Å². The number of aromatic nitrogens is 4. The topological polar surface area (TPSA) is 77.9 Å². The van der Waals surface area contributed by atoms with Crippen LogP contribution in [-0.2, 0) is 13.1 Å². The van der Waals surface area contributed by atoms with Gasteiger partial charge >= 0.3 is 0 Å². The summed E-state index contributed by atoms with van der Waals surface area (Å²) in [6, 6.07) is 15.3. The molecule has 1 N–H and O–H groups in total. The first-order chi connectivity index (χ1) is 13.2. The van der Waals surface area contributed by atoms with Gasteiger partial charge in [-0.25, -0.2) is 0 Å². The van der Waals surface area contributed by atoms with Gasteiger partial charge in [0.2, 0.25) is 0 Å². The zero-order chi connectivity index (χ0) is 18.6. The molecule has 0 aliphatic rings. The minimum atomic E-state index is -0.331. The van der Waals surface area contributed by atoms with E-state index in [0.717, 1.165) is 5.56 Å². The van der Waals surface area contributed by atoms with Crippen molar-refractivity contribution in [3.8, 4) is 0 Å². The molecule has 0 aliphatic carbocycles. The minimum Gasteiger partial charge on any atom is -0.454 e. The molecule has 0 atom stereocenters. The SMILES string of the molecule is Cc1cccc(Cn2ccc(NC(=O)c3ccc(Cn4cccn4)o3)n2)c1. The Morgan fingerprint density at radius 1 is 1.07 bits per heavy atom. The molecule has 1 amide bonds. The summed E-state index contributed by atoms with van der Waals surface area (Å²) in [7, 11) is 0. The Morgan fingerprint density at radius 3 is 2.81 bits per heavy atom. The molecule has 0 saturated carbocycles. The minimum absolute atomic E-state index is 0.241. The molecule has 136 valence electrons. The Labute approximate surface area is 156 Å². The van der Waals surface area contributed by atoms with Gasteiger partial charge in [-0.2, -0.15) is 10.2 Å². The number of anilines is 1. The molecule has 0 aliphatic heterocycles. The molecule has 4 rings (SSSR count). The maximum Gasteiger partial charge on any atom is 0.292 e. The van der Waals surface area contributed by atoms with Crippen molar-refractivity contribution in [1.82, 2.24) is 19.6 Å². The van der Waals surface area contributed by atoms with Crippen molar-refractivity contribution < 1.29 is 9.21 Å². The lowest BCUT2D eigenvalue weighted by Crippen LogP contribution is -2.12. The fourth-order valence-corrected chi connectivity index (χ4v) is 2.83. The summed E-state index contributed by atoms with van der Waals surface area (Å²) >= 11 is 0. The highest BCUT2D eigenvalue weighted by Gasteiger charge is 2.13. The third-order valence-electron chi connectivity index (χ3n) is 4.07. The van der Waals surface area contributed by atoms with E-state index in [4.69, 9.17) is 4.42 Å². The monoisotopic (exact) mass is 361 g/mol. The van der Waals surface area contributed by atoms with Gasteiger partial charge in [0.25, 0.3) is 5.91 Å². The Morgan fingerprint density at radius 2 is 2.00 bits per heavy atom. The number of carbonyl (C=O) groups excluding carboxylic acids is 1. The van der Waals surface area contributed by atoms with Gasteiger partial charge in [-0.05, 0) is 30.7 Å². The van der Waals surface area contributed by atoms with Crippen molar-refractivity contribution in [2.45, 2.75) is 20.0 Å². The van der Waals surface area contributed by atoms with Gasteiger partial charge in [-0.3, -0.25) is 14.2 Å². The second kappa shape index (κ2) is 7.33. The number of nitrogens with zero attached hydrogens (tertiary/aromatic N) is 4. The van der Waals surface area contributed by atoms with Gasteiger partial charge in [0.05, 0.1) is 13.1 Å². The number of hydrogen-bond acceptors (Lipinski definition) is 4. The predicted molar refractivity (Wildman–Crippen MR) is 100 cm³/mol. The molecule has 0 unspecified atom stereocenters. The third kappa shape index (κ3) is 4.14. The first-order valence-corrected chi connectivity index (χ1v) is 8.62. The largest absolute Gasteiger partial charge is 0.454 e. The third-order valence-corrected chi connectivity index (χ3v) is 4.07. The van der Waals surface area contributed by atoms with Crippen LogP contribution in [0.5, 0.6) is 0 Å². The molecule has 3 heterocycles. The van der Waals surface area contributed by atoms with Crippen LogP contribution in [0.1, 0.15) is 27.4 Å². The van der Waals surface area contributed by atoms with Crippen molar-refractivity contribution in [1.29, 1.82) is 0 Å². The number of benzene rings is 1. The summed E-state index contributed by atoms with van der Waals surface area (Å²) in [6.45, 7) is 3.18. The average Bonchev–Trinajstić information content (AvgIpc) is 3.38. The molecule has 0 spiro atoms. The number of furan rings is 1. The van der Waals surface area contributed by atoms with Crippen LogP contribution >= 0.6 is 0 Å². The van der Waals surface area contributed by atoms with Crippen molar-refractivity contribution >= 4 is 11.7 Å². The van der Waals surface area contributed by atoms with Crippen LogP contribution in [0.4, 0.5) is 5.82 Å². The summed E-state index contributed by atoms with van der Waals surface area (Å²) in [5.41, 5.74) is 2.36. The number of nitrogens with one attached hydrogen (secondary N) is 1. The maximum atomic E-state index is 12.4. The van der Waals surface area contributed by atoms with Gasteiger partial charge in [-0.15, -0.1) is 0 Å². The molecule has 0 fully saturated rings. The normalized spacial score (nSPS) is 10.9. The highest BCUT2D eigenvalue weighted by atomic mass is 16.4. The van der Waals surface area contributed by atoms with Crippen LogP contribution in [0.2, 0.25) is 0 Å². The summed E-state index contributed by atoms with van der Waals surface area (Å²) < 4.78 is 9.12. The van der Waals surface area contributed by atoms with Crippen molar-refractivity contribution in [3.05, 3.63) is 89.8 Å². The molecular weight excluding hydrogens is 342 g/mol. The number of aryl methyl sites for hydroxylation is 1. The summed E-state index contributed by atoms with van der Waals surface area (Å²) in [6.07, 6.45) is 5.37. The lowest BCUT2D eigenvalue weighted by atomic mass is 10.1. The molecule has 0 saturated heterocycles. The highest BCUT2D eigenvalue weighted by Crippen LogP contribution is 2.13. The van der Waals surface area contributed by atoms with E-state index in [2.05, 4.69) is 40.6 Å². The van der Waals surface area contributed by atoms with Gasteiger partial charge in [0, 0.05) is 24.7 Å². The van der Waals surface area contributed by atoms with Crippen LogP contribution in [-0.4, -0.2) is 25.5 Å². The highest BCUT2D eigenvalue weighted by molar-refractivity contribution is 6.01. The zero-order valence-electron chi connectivity index (χ0n) is 14.9. The molecule has 1 aromatic carbocycles. The Balaban J connectivity index is 1.38. The van der Waals surface area contributed by atoms with Crippen LogP contribution < -0.4 is 5.32 Å². The Hall–Kier alpha value is -3.61. The van der Waals surface area contributed by atoms with E-state index in [1.54, 1.807) is 33.8 Å². The quantitative estimate of drug-likeness (QED) is 0.571. The summed E-state index contributed by atoms with van der Waals surface area (Å²) in [5.74, 6) is 1.06. The molecule has 0 bridgehead atoms. The average molecular weight is 361 g/mol. The molecule has 4 aromatic rings. The van der Waals surface area contributed by atoms with E-state index >= 15 is 0 Å². The fraction of sp³-hybridized carbons (Fsp3) is 0.150. The van der Waals surface area contributed by atoms with Crippen molar-refractivity contribution in [2.75, 3.05) is 5.32 Å². The first kappa shape index (κ1) is 16.8. The maximum absolute atomic E-state index is 12.4. The standard InChI is InChI=1S/C20H19N5O2/c1-15-4-2-5-16(12-15)13-25-11-8-19(23-25)22-20(26)18-7-6-17(27-18)14-24-10-3-9-21-24/h2-12H,13-14H2,1H3,(H,22,23,26). The van der Waals surface area contributed by atoms with Crippen molar-refractivity contribution in [2.24, 2.45) is 0 Å². The van der Waals surface area contributed by atoms with Gasteiger partial charge in [0.15, 0.2) is 11.6 Å². The Kier molecular flexibility index (Phi) is 4.57. The lowest BCUT2D eigenvalue weighted by molar-refractivity contribution is 0.0994. The number of hydrogen-bond donors (Lipinski definition) is 1. The Bertz CT molecular complexity index is 1050. The zero-order valence-corrected chi connectivity index (χ0v) is 14.9.